The molecule has 0 amide bonds. The second-order valence-electron chi connectivity index (χ2n) is 4.64. The van der Waals surface area contributed by atoms with Crippen LogP contribution < -0.4 is 0 Å². The molecule has 0 aromatic carbocycles. The van der Waals surface area contributed by atoms with Crippen molar-refractivity contribution in [3.8, 4) is 0 Å². The number of likely N-dealkylation sites (tertiary alicyclic amines) is 1. The third-order valence-electron chi connectivity index (χ3n) is 3.68. The molecular weight excluding hydrogens is 162 g/mol. The molecule has 0 bridgehead atoms. The molecule has 1 heterocycles. The number of aliphatic hydroxyl groups is 1. The summed E-state index contributed by atoms with van der Waals surface area (Å²) < 4.78 is 0. The minimum atomic E-state index is 0.362. The lowest BCUT2D eigenvalue weighted by Crippen LogP contribution is -2.23. The molecular formula is C11H21NO. The number of fused-ring (bicyclic) bond motifs is 1. The van der Waals surface area contributed by atoms with Crippen molar-refractivity contribution in [2.45, 2.75) is 32.1 Å². The summed E-state index contributed by atoms with van der Waals surface area (Å²) in [5.41, 5.74) is 0. The van der Waals surface area contributed by atoms with E-state index in [0.29, 0.717) is 6.61 Å². The second kappa shape index (κ2) is 4.43. The Hall–Kier alpha value is -0.0800. The van der Waals surface area contributed by atoms with E-state index in [4.69, 9.17) is 5.11 Å². The SMILES string of the molecule is OCCCCN1CC2CCCC2C1. The van der Waals surface area contributed by atoms with Gasteiger partial charge in [-0.05, 0) is 44.1 Å². The van der Waals surface area contributed by atoms with Gasteiger partial charge in [0.2, 0.25) is 0 Å². The third-order valence-corrected chi connectivity index (χ3v) is 3.68. The van der Waals surface area contributed by atoms with Crippen LogP contribution in [-0.2, 0) is 0 Å². The summed E-state index contributed by atoms with van der Waals surface area (Å²) >= 11 is 0. The van der Waals surface area contributed by atoms with Gasteiger partial charge in [0.1, 0.15) is 0 Å². The monoisotopic (exact) mass is 183 g/mol. The molecule has 1 saturated carbocycles. The average molecular weight is 183 g/mol. The summed E-state index contributed by atoms with van der Waals surface area (Å²) in [5.74, 6) is 2.04. The lowest BCUT2D eigenvalue weighted by Gasteiger charge is -2.15. The highest BCUT2D eigenvalue weighted by Crippen LogP contribution is 2.37. The summed E-state index contributed by atoms with van der Waals surface area (Å²) in [6.07, 6.45) is 6.57. The molecule has 2 atom stereocenters. The zero-order valence-corrected chi connectivity index (χ0v) is 8.41. The topological polar surface area (TPSA) is 23.5 Å². The fourth-order valence-corrected chi connectivity index (χ4v) is 2.96. The van der Waals surface area contributed by atoms with Crippen LogP contribution >= 0.6 is 0 Å². The number of nitrogens with zero attached hydrogens (tertiary/aromatic N) is 1. The zero-order chi connectivity index (χ0) is 9.10. The normalized spacial score (nSPS) is 33.9. The maximum atomic E-state index is 8.68. The predicted octanol–water partition coefficient (Wildman–Crippen LogP) is 1.49. The maximum Gasteiger partial charge on any atom is 0.0431 e. The van der Waals surface area contributed by atoms with Gasteiger partial charge >= 0.3 is 0 Å². The molecule has 0 aromatic heterocycles. The Bertz CT molecular complexity index is 148. The molecule has 1 aliphatic carbocycles. The molecule has 2 unspecified atom stereocenters. The molecule has 13 heavy (non-hydrogen) atoms. The number of unbranched alkanes of at least 4 members (excludes halogenated alkanes) is 1. The van der Waals surface area contributed by atoms with Crippen LogP contribution in [0.4, 0.5) is 0 Å². The first kappa shape index (κ1) is 9.47. The lowest BCUT2D eigenvalue weighted by molar-refractivity contribution is 0.257. The molecule has 2 heteroatoms. The molecule has 2 rings (SSSR count). The second-order valence-corrected chi connectivity index (χ2v) is 4.64. The summed E-state index contributed by atoms with van der Waals surface area (Å²) in [6.45, 7) is 4.26. The van der Waals surface area contributed by atoms with Crippen molar-refractivity contribution in [2.24, 2.45) is 11.8 Å². The molecule has 0 aromatic rings. The van der Waals surface area contributed by atoms with Gasteiger partial charge in [0.25, 0.3) is 0 Å². The summed E-state index contributed by atoms with van der Waals surface area (Å²) in [6, 6.07) is 0. The minimum Gasteiger partial charge on any atom is -0.396 e. The Morgan fingerprint density at radius 1 is 1.08 bits per heavy atom. The van der Waals surface area contributed by atoms with Gasteiger partial charge in [-0.2, -0.15) is 0 Å². The van der Waals surface area contributed by atoms with E-state index in [9.17, 15) is 0 Å². The Balaban J connectivity index is 1.67. The van der Waals surface area contributed by atoms with Crippen molar-refractivity contribution in [2.75, 3.05) is 26.2 Å². The molecule has 76 valence electrons. The van der Waals surface area contributed by atoms with Crippen LogP contribution in [0.25, 0.3) is 0 Å². The van der Waals surface area contributed by atoms with Crippen LogP contribution in [0.15, 0.2) is 0 Å². The first-order chi connectivity index (χ1) is 6.40. The van der Waals surface area contributed by atoms with Crippen LogP contribution in [0.2, 0.25) is 0 Å². The summed E-state index contributed by atoms with van der Waals surface area (Å²) in [4.78, 5) is 2.60. The van der Waals surface area contributed by atoms with Crippen molar-refractivity contribution in [1.29, 1.82) is 0 Å². The van der Waals surface area contributed by atoms with Gasteiger partial charge in [0, 0.05) is 19.7 Å². The van der Waals surface area contributed by atoms with Crippen molar-refractivity contribution in [3.05, 3.63) is 0 Å². The Morgan fingerprint density at radius 3 is 2.38 bits per heavy atom. The van der Waals surface area contributed by atoms with Gasteiger partial charge < -0.3 is 10.0 Å². The summed E-state index contributed by atoms with van der Waals surface area (Å²) in [7, 11) is 0. The van der Waals surface area contributed by atoms with E-state index in [0.717, 1.165) is 18.3 Å². The van der Waals surface area contributed by atoms with Gasteiger partial charge in [-0.1, -0.05) is 6.42 Å². The number of rotatable bonds is 4. The molecule has 0 spiro atoms. The van der Waals surface area contributed by atoms with Crippen LogP contribution in [0, 0.1) is 11.8 Å². The molecule has 1 saturated heterocycles. The quantitative estimate of drug-likeness (QED) is 0.668. The average Bonchev–Trinajstić information content (AvgIpc) is 2.64. The number of aliphatic hydroxyl groups excluding tert-OH is 1. The maximum absolute atomic E-state index is 8.68. The first-order valence-electron chi connectivity index (χ1n) is 5.73. The molecule has 2 nitrogen and oxygen atoms in total. The predicted molar refractivity (Wildman–Crippen MR) is 53.6 cm³/mol. The Morgan fingerprint density at radius 2 is 1.77 bits per heavy atom. The molecule has 2 fully saturated rings. The van der Waals surface area contributed by atoms with E-state index in [1.807, 2.05) is 0 Å². The van der Waals surface area contributed by atoms with Gasteiger partial charge in [-0.3, -0.25) is 0 Å². The largest absolute Gasteiger partial charge is 0.396 e. The van der Waals surface area contributed by atoms with Crippen molar-refractivity contribution < 1.29 is 5.11 Å². The Kier molecular flexibility index (Phi) is 3.23. The highest BCUT2D eigenvalue weighted by Gasteiger charge is 2.35. The highest BCUT2D eigenvalue weighted by atomic mass is 16.2. The smallest absolute Gasteiger partial charge is 0.0431 e. The van der Waals surface area contributed by atoms with Crippen molar-refractivity contribution in [3.63, 3.8) is 0 Å². The van der Waals surface area contributed by atoms with Gasteiger partial charge in [0.15, 0.2) is 0 Å². The van der Waals surface area contributed by atoms with E-state index in [-0.39, 0.29) is 0 Å². The fourth-order valence-electron chi connectivity index (χ4n) is 2.96. The van der Waals surface area contributed by atoms with Gasteiger partial charge in [-0.15, -0.1) is 0 Å². The third kappa shape index (κ3) is 2.23. The van der Waals surface area contributed by atoms with Gasteiger partial charge in [0.05, 0.1) is 0 Å². The standard InChI is InChI=1S/C11H21NO/c13-7-2-1-6-12-8-10-4-3-5-11(10)9-12/h10-11,13H,1-9H2. The fraction of sp³-hybridized carbons (Fsp3) is 1.00. The van der Waals surface area contributed by atoms with Crippen LogP contribution in [0.5, 0.6) is 0 Å². The first-order valence-corrected chi connectivity index (χ1v) is 5.73. The zero-order valence-electron chi connectivity index (χ0n) is 8.41. The number of hydrogen-bond donors (Lipinski definition) is 1. The van der Waals surface area contributed by atoms with E-state index in [1.54, 1.807) is 0 Å². The lowest BCUT2D eigenvalue weighted by atomic mass is 10.0. The van der Waals surface area contributed by atoms with Crippen LogP contribution in [0.3, 0.4) is 0 Å². The highest BCUT2D eigenvalue weighted by molar-refractivity contribution is 4.88. The van der Waals surface area contributed by atoms with E-state index >= 15 is 0 Å². The van der Waals surface area contributed by atoms with Crippen molar-refractivity contribution >= 4 is 0 Å². The van der Waals surface area contributed by atoms with E-state index < -0.39 is 0 Å². The van der Waals surface area contributed by atoms with Crippen LogP contribution in [-0.4, -0.2) is 36.2 Å². The van der Waals surface area contributed by atoms with Crippen molar-refractivity contribution in [1.82, 2.24) is 4.90 Å². The number of hydrogen-bond acceptors (Lipinski definition) is 2. The summed E-state index contributed by atoms with van der Waals surface area (Å²) in [5, 5.41) is 8.68. The molecule has 1 N–H and O–H groups in total. The Labute approximate surface area is 80.9 Å². The minimum absolute atomic E-state index is 0.362. The van der Waals surface area contributed by atoms with E-state index in [1.165, 1.54) is 45.3 Å². The van der Waals surface area contributed by atoms with E-state index in [2.05, 4.69) is 4.90 Å². The molecule has 0 radical (unpaired) electrons. The van der Waals surface area contributed by atoms with Crippen LogP contribution in [0.1, 0.15) is 32.1 Å². The molecule has 2 aliphatic rings. The molecule has 1 aliphatic heterocycles. The van der Waals surface area contributed by atoms with Gasteiger partial charge in [-0.25, -0.2) is 0 Å².